The molecule has 0 aromatic heterocycles. The number of ether oxygens (including phenoxy) is 1. The number of halogens is 1. The first kappa shape index (κ1) is 14.0. The van der Waals surface area contributed by atoms with Gasteiger partial charge in [0.2, 0.25) is 0 Å². The summed E-state index contributed by atoms with van der Waals surface area (Å²) in [6, 6.07) is 14.4. The topological polar surface area (TPSA) is 35.2 Å². The molecule has 0 saturated heterocycles. The van der Waals surface area contributed by atoms with Gasteiger partial charge in [-0.15, -0.1) is 0 Å². The van der Waals surface area contributed by atoms with Gasteiger partial charge in [-0.2, -0.15) is 0 Å². The molecule has 2 nitrogen and oxygen atoms in total. The first-order valence-corrected chi connectivity index (χ1v) is 7.29. The number of hydrogen-bond acceptors (Lipinski definition) is 2. The normalized spacial score (nSPS) is 15.5. The van der Waals surface area contributed by atoms with Crippen molar-refractivity contribution in [1.82, 2.24) is 0 Å². The number of benzene rings is 2. The molecule has 4 heteroatoms. The van der Waals surface area contributed by atoms with E-state index in [1.165, 1.54) is 12.1 Å². The number of nitrogens with two attached hydrogens (primary N) is 1. The Morgan fingerprint density at radius 3 is 2.52 bits per heavy atom. The summed E-state index contributed by atoms with van der Waals surface area (Å²) in [5.41, 5.74) is 7.29. The summed E-state index contributed by atoms with van der Waals surface area (Å²) in [5, 5.41) is 0. The van der Waals surface area contributed by atoms with Gasteiger partial charge >= 0.3 is 0 Å². The van der Waals surface area contributed by atoms with Gasteiger partial charge < -0.3 is 10.5 Å². The third-order valence-electron chi connectivity index (χ3n) is 3.92. The fourth-order valence-electron chi connectivity index (χ4n) is 2.51. The second-order valence-corrected chi connectivity index (χ2v) is 5.80. The van der Waals surface area contributed by atoms with Gasteiger partial charge in [0, 0.05) is 11.0 Å². The van der Waals surface area contributed by atoms with Crippen LogP contribution in [0.15, 0.2) is 48.5 Å². The van der Waals surface area contributed by atoms with E-state index in [-0.39, 0.29) is 11.2 Å². The van der Waals surface area contributed by atoms with E-state index in [0.29, 0.717) is 17.3 Å². The molecule has 3 rings (SSSR count). The van der Waals surface area contributed by atoms with Gasteiger partial charge in [0.25, 0.3) is 0 Å². The molecule has 0 bridgehead atoms. The lowest BCUT2D eigenvalue weighted by molar-refractivity contribution is 0.301. The Labute approximate surface area is 128 Å². The maximum Gasteiger partial charge on any atom is 0.124 e. The molecule has 2 N–H and O–H groups in total. The molecule has 0 spiro atoms. The van der Waals surface area contributed by atoms with Gasteiger partial charge in [0.15, 0.2) is 0 Å². The first-order chi connectivity index (χ1) is 10.1. The van der Waals surface area contributed by atoms with E-state index < -0.39 is 0 Å². The number of rotatable bonds is 5. The molecule has 0 unspecified atom stereocenters. The van der Waals surface area contributed by atoms with E-state index in [1.807, 2.05) is 30.3 Å². The van der Waals surface area contributed by atoms with Crippen LogP contribution in [0.4, 0.5) is 4.39 Å². The zero-order valence-corrected chi connectivity index (χ0v) is 12.3. The molecule has 0 atom stereocenters. The molecule has 0 aliphatic heterocycles. The molecule has 1 aliphatic carbocycles. The molecule has 1 fully saturated rings. The smallest absolute Gasteiger partial charge is 0.124 e. The monoisotopic (exact) mass is 301 g/mol. The highest BCUT2D eigenvalue weighted by molar-refractivity contribution is 7.80. The van der Waals surface area contributed by atoms with Gasteiger partial charge in [0.05, 0.1) is 4.99 Å². The van der Waals surface area contributed by atoms with Crippen molar-refractivity contribution in [1.29, 1.82) is 0 Å². The van der Waals surface area contributed by atoms with E-state index in [9.17, 15) is 4.39 Å². The van der Waals surface area contributed by atoms with Crippen LogP contribution in [-0.4, -0.2) is 4.99 Å². The van der Waals surface area contributed by atoms with E-state index >= 15 is 0 Å². The highest BCUT2D eigenvalue weighted by Crippen LogP contribution is 2.51. The van der Waals surface area contributed by atoms with Crippen LogP contribution in [0, 0.1) is 5.82 Å². The zero-order valence-electron chi connectivity index (χ0n) is 11.5. The van der Waals surface area contributed by atoms with Crippen molar-refractivity contribution in [2.75, 3.05) is 0 Å². The minimum Gasteiger partial charge on any atom is -0.489 e. The summed E-state index contributed by atoms with van der Waals surface area (Å²) in [4.78, 5) is 0.415. The second kappa shape index (κ2) is 5.45. The molecule has 2 aromatic carbocycles. The molecule has 1 aliphatic rings. The van der Waals surface area contributed by atoms with Crippen molar-refractivity contribution in [2.24, 2.45) is 5.73 Å². The highest BCUT2D eigenvalue weighted by Gasteiger charge is 2.49. The van der Waals surface area contributed by atoms with Crippen LogP contribution in [0.5, 0.6) is 5.75 Å². The van der Waals surface area contributed by atoms with Crippen LogP contribution < -0.4 is 10.5 Å². The summed E-state index contributed by atoms with van der Waals surface area (Å²) >= 11 is 5.16. The van der Waals surface area contributed by atoms with E-state index in [4.69, 9.17) is 22.7 Å². The third kappa shape index (κ3) is 2.76. The van der Waals surface area contributed by atoms with E-state index in [2.05, 4.69) is 0 Å². The molecule has 2 aromatic rings. The van der Waals surface area contributed by atoms with Gasteiger partial charge in [-0.25, -0.2) is 4.39 Å². The average Bonchev–Trinajstić information content (AvgIpc) is 3.29. The second-order valence-electron chi connectivity index (χ2n) is 5.36. The minimum absolute atomic E-state index is 0.292. The van der Waals surface area contributed by atoms with Crippen LogP contribution in [0.1, 0.15) is 24.0 Å². The Bertz CT molecular complexity index is 668. The zero-order chi connectivity index (χ0) is 14.9. The summed E-state index contributed by atoms with van der Waals surface area (Å²) in [6.07, 6.45) is 1.71. The van der Waals surface area contributed by atoms with Gasteiger partial charge in [-0.3, -0.25) is 0 Å². The standard InChI is InChI=1S/C17H16FNOS/c18-13-6-7-15(20-11-12-4-2-1-3-5-12)14(10-13)17(8-9-17)16(19)21/h1-7,10H,8-9,11H2,(H2,19,21). The predicted molar refractivity (Wildman–Crippen MR) is 84.9 cm³/mol. The lowest BCUT2D eigenvalue weighted by atomic mass is 9.95. The van der Waals surface area contributed by atoms with E-state index in [0.717, 1.165) is 24.0 Å². The van der Waals surface area contributed by atoms with Crippen molar-refractivity contribution >= 4 is 17.2 Å². The van der Waals surface area contributed by atoms with Crippen molar-refractivity contribution in [3.05, 3.63) is 65.5 Å². The van der Waals surface area contributed by atoms with Crippen molar-refractivity contribution in [3.63, 3.8) is 0 Å². The Hall–Kier alpha value is -1.94. The predicted octanol–water partition coefficient (Wildman–Crippen LogP) is 3.72. The summed E-state index contributed by atoms with van der Waals surface area (Å²) in [7, 11) is 0. The Morgan fingerprint density at radius 1 is 1.19 bits per heavy atom. The summed E-state index contributed by atoms with van der Waals surface area (Å²) in [5.74, 6) is 0.366. The summed E-state index contributed by atoms with van der Waals surface area (Å²) in [6.45, 7) is 0.437. The molecule has 21 heavy (non-hydrogen) atoms. The highest BCUT2D eigenvalue weighted by atomic mass is 32.1. The molecule has 108 valence electrons. The minimum atomic E-state index is -0.385. The molecule has 0 heterocycles. The SMILES string of the molecule is NC(=S)C1(c2cc(F)ccc2OCc2ccccc2)CC1. The van der Waals surface area contributed by atoms with Crippen LogP contribution in [0.3, 0.4) is 0 Å². The van der Waals surface area contributed by atoms with Gasteiger partial charge in [-0.05, 0) is 36.6 Å². The van der Waals surface area contributed by atoms with Crippen molar-refractivity contribution in [2.45, 2.75) is 24.9 Å². The van der Waals surface area contributed by atoms with E-state index in [1.54, 1.807) is 6.07 Å². The van der Waals surface area contributed by atoms with Crippen LogP contribution in [0.25, 0.3) is 0 Å². The van der Waals surface area contributed by atoms with Crippen molar-refractivity contribution in [3.8, 4) is 5.75 Å². The Balaban J connectivity index is 1.87. The average molecular weight is 301 g/mol. The fourth-order valence-corrected chi connectivity index (χ4v) is 2.82. The van der Waals surface area contributed by atoms with Crippen LogP contribution in [-0.2, 0) is 12.0 Å². The van der Waals surface area contributed by atoms with Crippen LogP contribution >= 0.6 is 12.2 Å². The molecule has 0 radical (unpaired) electrons. The molecular formula is C17H16FNOS. The number of thiocarbonyl (C=S) groups is 1. The fraction of sp³-hybridized carbons (Fsp3) is 0.235. The maximum atomic E-state index is 13.6. The Kier molecular flexibility index (Phi) is 3.64. The Morgan fingerprint density at radius 2 is 1.90 bits per heavy atom. The quantitative estimate of drug-likeness (QED) is 0.855. The number of hydrogen-bond donors (Lipinski definition) is 1. The van der Waals surface area contributed by atoms with Gasteiger partial charge in [-0.1, -0.05) is 42.5 Å². The molecular weight excluding hydrogens is 285 g/mol. The lowest BCUT2D eigenvalue weighted by Gasteiger charge is -2.19. The first-order valence-electron chi connectivity index (χ1n) is 6.88. The largest absolute Gasteiger partial charge is 0.489 e. The van der Waals surface area contributed by atoms with Crippen molar-refractivity contribution < 1.29 is 9.13 Å². The molecule has 0 amide bonds. The van der Waals surface area contributed by atoms with Crippen LogP contribution in [0.2, 0.25) is 0 Å². The summed E-state index contributed by atoms with van der Waals surface area (Å²) < 4.78 is 19.5. The molecule has 1 saturated carbocycles. The third-order valence-corrected chi connectivity index (χ3v) is 4.31. The maximum absolute atomic E-state index is 13.6. The van der Waals surface area contributed by atoms with Gasteiger partial charge in [0.1, 0.15) is 18.2 Å². The lowest BCUT2D eigenvalue weighted by Crippen LogP contribution is -2.27.